The third-order valence-electron chi connectivity index (χ3n) is 5.57. The molecule has 1 aliphatic heterocycles. The topological polar surface area (TPSA) is 44.8 Å². The SMILES string of the molecule is COc1ccccc1C(=O)Nc1ccc(N2CCN(Cc3ccccc3Cl)CC2)cc1. The fourth-order valence-corrected chi connectivity index (χ4v) is 4.01. The first-order chi connectivity index (χ1) is 15.1. The molecule has 1 amide bonds. The van der Waals surface area contributed by atoms with E-state index in [1.165, 1.54) is 5.56 Å². The predicted molar refractivity (Wildman–Crippen MR) is 126 cm³/mol. The molecule has 160 valence electrons. The summed E-state index contributed by atoms with van der Waals surface area (Å²) in [6.45, 7) is 4.76. The van der Waals surface area contributed by atoms with Crippen LogP contribution in [0, 0.1) is 0 Å². The van der Waals surface area contributed by atoms with E-state index in [0.29, 0.717) is 11.3 Å². The van der Waals surface area contributed by atoms with Gasteiger partial charge in [0.05, 0.1) is 12.7 Å². The van der Waals surface area contributed by atoms with E-state index in [0.717, 1.165) is 49.1 Å². The van der Waals surface area contributed by atoms with E-state index in [2.05, 4.69) is 33.3 Å². The number of methoxy groups -OCH3 is 1. The lowest BCUT2D eigenvalue weighted by Gasteiger charge is -2.36. The van der Waals surface area contributed by atoms with E-state index in [1.54, 1.807) is 19.2 Å². The number of halogens is 1. The van der Waals surface area contributed by atoms with Crippen LogP contribution in [0.5, 0.6) is 5.75 Å². The number of hydrogen-bond donors (Lipinski definition) is 1. The Morgan fingerprint density at radius 3 is 2.32 bits per heavy atom. The number of nitrogens with zero attached hydrogens (tertiary/aromatic N) is 2. The van der Waals surface area contributed by atoms with Crippen LogP contribution < -0.4 is 15.0 Å². The van der Waals surface area contributed by atoms with Crippen molar-refractivity contribution in [3.8, 4) is 5.75 Å². The van der Waals surface area contributed by atoms with Crippen molar-refractivity contribution < 1.29 is 9.53 Å². The van der Waals surface area contributed by atoms with Gasteiger partial charge in [0.15, 0.2) is 0 Å². The highest BCUT2D eigenvalue weighted by atomic mass is 35.5. The number of piperazine rings is 1. The molecule has 0 saturated carbocycles. The second-order valence-corrected chi connectivity index (χ2v) is 7.96. The molecule has 1 aliphatic rings. The summed E-state index contributed by atoms with van der Waals surface area (Å²) in [5.74, 6) is 0.379. The lowest BCUT2D eigenvalue weighted by molar-refractivity contribution is 0.102. The van der Waals surface area contributed by atoms with Crippen molar-refractivity contribution in [2.45, 2.75) is 6.54 Å². The summed E-state index contributed by atoms with van der Waals surface area (Å²) in [4.78, 5) is 17.4. The molecule has 1 saturated heterocycles. The van der Waals surface area contributed by atoms with E-state index in [-0.39, 0.29) is 5.91 Å². The molecule has 0 unspecified atom stereocenters. The normalized spacial score (nSPS) is 14.3. The monoisotopic (exact) mass is 435 g/mol. The van der Waals surface area contributed by atoms with Crippen LogP contribution in [0.4, 0.5) is 11.4 Å². The summed E-state index contributed by atoms with van der Waals surface area (Å²) in [6.07, 6.45) is 0. The molecule has 0 spiro atoms. The highest BCUT2D eigenvalue weighted by molar-refractivity contribution is 6.31. The van der Waals surface area contributed by atoms with Crippen molar-refractivity contribution in [3.63, 3.8) is 0 Å². The zero-order valence-corrected chi connectivity index (χ0v) is 18.3. The quantitative estimate of drug-likeness (QED) is 0.596. The van der Waals surface area contributed by atoms with Crippen molar-refractivity contribution in [2.24, 2.45) is 0 Å². The molecule has 3 aromatic carbocycles. The van der Waals surface area contributed by atoms with Crippen LogP contribution >= 0.6 is 11.6 Å². The Bertz CT molecular complexity index is 1030. The summed E-state index contributed by atoms with van der Waals surface area (Å²) < 4.78 is 5.28. The van der Waals surface area contributed by atoms with Gasteiger partial charge in [0.25, 0.3) is 5.91 Å². The minimum Gasteiger partial charge on any atom is -0.496 e. The van der Waals surface area contributed by atoms with Gasteiger partial charge in [-0.1, -0.05) is 41.9 Å². The van der Waals surface area contributed by atoms with E-state index >= 15 is 0 Å². The largest absolute Gasteiger partial charge is 0.496 e. The zero-order chi connectivity index (χ0) is 21.6. The number of carbonyl (C=O) groups is 1. The molecule has 4 rings (SSSR count). The fourth-order valence-electron chi connectivity index (χ4n) is 3.82. The molecule has 3 aromatic rings. The summed E-state index contributed by atoms with van der Waals surface area (Å²) in [5, 5.41) is 3.77. The van der Waals surface area contributed by atoms with Crippen LogP contribution in [0.25, 0.3) is 0 Å². The Morgan fingerprint density at radius 1 is 0.935 bits per heavy atom. The van der Waals surface area contributed by atoms with Crippen molar-refractivity contribution in [1.29, 1.82) is 0 Å². The van der Waals surface area contributed by atoms with Crippen molar-refractivity contribution in [1.82, 2.24) is 4.90 Å². The molecule has 6 heteroatoms. The third-order valence-corrected chi connectivity index (χ3v) is 5.93. The van der Waals surface area contributed by atoms with Gasteiger partial charge in [0.1, 0.15) is 5.75 Å². The first-order valence-electron chi connectivity index (χ1n) is 10.4. The maximum absolute atomic E-state index is 12.6. The standard InChI is InChI=1S/C25H26ClN3O2/c1-31-24-9-5-3-7-22(24)25(30)27-20-10-12-21(13-11-20)29-16-14-28(15-17-29)18-19-6-2-4-8-23(19)26/h2-13H,14-18H2,1H3,(H,27,30). The highest BCUT2D eigenvalue weighted by Crippen LogP contribution is 2.23. The van der Waals surface area contributed by atoms with E-state index in [1.807, 2.05) is 42.5 Å². The number of para-hydroxylation sites is 1. The van der Waals surface area contributed by atoms with Crippen LogP contribution in [0.1, 0.15) is 15.9 Å². The zero-order valence-electron chi connectivity index (χ0n) is 17.6. The molecular formula is C25H26ClN3O2. The number of nitrogens with one attached hydrogen (secondary N) is 1. The Hall–Kier alpha value is -3.02. The maximum atomic E-state index is 12.6. The second-order valence-electron chi connectivity index (χ2n) is 7.56. The van der Waals surface area contributed by atoms with Gasteiger partial charge in [0.2, 0.25) is 0 Å². The molecule has 5 nitrogen and oxygen atoms in total. The lowest BCUT2D eigenvalue weighted by atomic mass is 10.1. The molecule has 0 aliphatic carbocycles. The number of anilines is 2. The van der Waals surface area contributed by atoms with Crippen molar-refractivity contribution >= 4 is 28.9 Å². The molecule has 1 N–H and O–H groups in total. The number of rotatable bonds is 6. The Kier molecular flexibility index (Phi) is 6.75. The average molecular weight is 436 g/mol. The summed E-state index contributed by atoms with van der Waals surface area (Å²) in [5.41, 5.74) is 3.61. The molecular weight excluding hydrogens is 410 g/mol. The Morgan fingerprint density at radius 2 is 1.61 bits per heavy atom. The molecule has 0 bridgehead atoms. The summed E-state index contributed by atoms with van der Waals surface area (Å²) >= 11 is 6.30. The van der Waals surface area contributed by atoms with Gasteiger partial charge in [-0.2, -0.15) is 0 Å². The van der Waals surface area contributed by atoms with Crippen LogP contribution in [0.2, 0.25) is 5.02 Å². The highest BCUT2D eigenvalue weighted by Gasteiger charge is 2.18. The third kappa shape index (κ3) is 5.19. The van der Waals surface area contributed by atoms with E-state index in [9.17, 15) is 4.79 Å². The first-order valence-corrected chi connectivity index (χ1v) is 10.8. The van der Waals surface area contributed by atoms with Crippen molar-refractivity contribution in [2.75, 3.05) is 43.5 Å². The number of hydrogen-bond acceptors (Lipinski definition) is 4. The van der Waals surface area contributed by atoms with Gasteiger partial charge < -0.3 is 15.0 Å². The van der Waals surface area contributed by atoms with Gasteiger partial charge in [-0.3, -0.25) is 9.69 Å². The number of carbonyl (C=O) groups excluding carboxylic acids is 1. The smallest absolute Gasteiger partial charge is 0.259 e. The molecule has 31 heavy (non-hydrogen) atoms. The van der Waals surface area contributed by atoms with E-state index < -0.39 is 0 Å². The average Bonchev–Trinajstić information content (AvgIpc) is 2.81. The number of ether oxygens (including phenoxy) is 1. The van der Waals surface area contributed by atoms with Gasteiger partial charge in [-0.25, -0.2) is 0 Å². The van der Waals surface area contributed by atoms with Crippen LogP contribution in [0.15, 0.2) is 72.8 Å². The Labute approximate surface area is 188 Å². The van der Waals surface area contributed by atoms with Crippen LogP contribution in [-0.2, 0) is 6.54 Å². The Balaban J connectivity index is 1.33. The molecule has 0 aromatic heterocycles. The minimum absolute atomic E-state index is 0.182. The minimum atomic E-state index is -0.182. The fraction of sp³-hybridized carbons (Fsp3) is 0.240. The lowest BCUT2D eigenvalue weighted by Crippen LogP contribution is -2.46. The van der Waals surface area contributed by atoms with Crippen LogP contribution in [0.3, 0.4) is 0 Å². The maximum Gasteiger partial charge on any atom is 0.259 e. The van der Waals surface area contributed by atoms with E-state index in [4.69, 9.17) is 16.3 Å². The van der Waals surface area contributed by atoms with Gasteiger partial charge in [-0.15, -0.1) is 0 Å². The van der Waals surface area contributed by atoms with Crippen molar-refractivity contribution in [3.05, 3.63) is 88.9 Å². The second kappa shape index (κ2) is 9.86. The molecule has 0 atom stereocenters. The van der Waals surface area contributed by atoms with Gasteiger partial charge in [0, 0.05) is 49.1 Å². The predicted octanol–water partition coefficient (Wildman–Crippen LogP) is 4.92. The summed E-state index contributed by atoms with van der Waals surface area (Å²) in [6, 6.07) is 23.2. The number of amides is 1. The van der Waals surface area contributed by atoms with Gasteiger partial charge >= 0.3 is 0 Å². The summed E-state index contributed by atoms with van der Waals surface area (Å²) in [7, 11) is 1.56. The molecule has 1 heterocycles. The molecule has 0 radical (unpaired) electrons. The first kappa shape index (κ1) is 21.2. The molecule has 1 fully saturated rings. The van der Waals surface area contributed by atoms with Gasteiger partial charge in [-0.05, 0) is 48.0 Å². The van der Waals surface area contributed by atoms with Crippen LogP contribution in [-0.4, -0.2) is 44.1 Å². The number of benzene rings is 3.